The Hall–Kier alpha value is -4.24. The van der Waals surface area contributed by atoms with Crippen LogP contribution >= 0.6 is 11.3 Å². The number of esters is 2. The Bertz CT molecular complexity index is 1620. The van der Waals surface area contributed by atoms with E-state index in [0.29, 0.717) is 26.9 Å². The van der Waals surface area contributed by atoms with Crippen LogP contribution in [0.1, 0.15) is 44.1 Å². The lowest BCUT2D eigenvalue weighted by Gasteiger charge is -2.16. The second-order valence-corrected chi connectivity index (χ2v) is 10.1. The van der Waals surface area contributed by atoms with Gasteiger partial charge in [0.15, 0.2) is 6.61 Å². The maximum atomic E-state index is 13.4. The normalized spacial score (nSPS) is 12.6. The number of thiophene rings is 1. The lowest BCUT2D eigenvalue weighted by Crippen LogP contribution is -2.28. The Morgan fingerprint density at radius 2 is 1.63 bits per heavy atom. The van der Waals surface area contributed by atoms with E-state index in [2.05, 4.69) is 5.32 Å². The third-order valence-corrected chi connectivity index (χ3v) is 7.91. The van der Waals surface area contributed by atoms with Gasteiger partial charge in [0.05, 0.1) is 12.7 Å². The minimum Gasteiger partial charge on any atom is -0.465 e. The highest BCUT2D eigenvalue weighted by Gasteiger charge is 2.28. The number of benzene rings is 2. The first-order valence-electron chi connectivity index (χ1n) is 12.3. The molecule has 0 saturated carbocycles. The number of nitrogens with zero attached hydrogens (tertiary/aromatic N) is 1. The molecule has 4 aromatic rings. The maximum Gasteiger partial charge on any atom is 0.356 e. The molecule has 2 aromatic heterocycles. The first-order valence-corrected chi connectivity index (χ1v) is 13.1. The molecule has 8 nitrogen and oxygen atoms in total. The summed E-state index contributed by atoms with van der Waals surface area (Å²) < 4.78 is 11.6. The van der Waals surface area contributed by atoms with Crippen LogP contribution in [-0.4, -0.2) is 36.1 Å². The van der Waals surface area contributed by atoms with Gasteiger partial charge >= 0.3 is 11.9 Å². The number of fused-ring (bicyclic) bond motifs is 2. The Labute approximate surface area is 222 Å². The van der Waals surface area contributed by atoms with E-state index in [1.165, 1.54) is 30.1 Å². The molecule has 38 heavy (non-hydrogen) atoms. The first kappa shape index (κ1) is 25.4. The van der Waals surface area contributed by atoms with Crippen LogP contribution in [0.3, 0.4) is 0 Å². The molecule has 0 bridgehead atoms. The lowest BCUT2D eigenvalue weighted by molar-refractivity contribution is -0.119. The first-order chi connectivity index (χ1) is 18.4. The van der Waals surface area contributed by atoms with Gasteiger partial charge in [-0.3, -0.25) is 9.59 Å². The van der Waals surface area contributed by atoms with Gasteiger partial charge in [0.2, 0.25) is 0 Å². The highest BCUT2D eigenvalue weighted by atomic mass is 32.1. The molecule has 194 valence electrons. The van der Waals surface area contributed by atoms with Gasteiger partial charge in [-0.2, -0.15) is 0 Å². The standard InChI is InChI=1S/C29H26N2O6S/c1-31-25(23(17-10-4-3-5-11-17)18-12-6-7-13-19(18)27(31)33)29(35)37-16-22(32)30-26-24(28(34)36-2)20-14-8-9-15-21(20)38-26/h3-7,10-13H,8-9,14-16H2,1-2H3,(H,30,32). The molecule has 0 unspecified atom stereocenters. The number of amides is 1. The summed E-state index contributed by atoms with van der Waals surface area (Å²) in [7, 11) is 2.82. The van der Waals surface area contributed by atoms with Crippen LogP contribution in [0.25, 0.3) is 21.9 Å². The van der Waals surface area contributed by atoms with Gasteiger partial charge in [-0.25, -0.2) is 9.59 Å². The fourth-order valence-electron chi connectivity index (χ4n) is 4.94. The zero-order valence-corrected chi connectivity index (χ0v) is 21.9. The summed E-state index contributed by atoms with van der Waals surface area (Å²) in [5.74, 6) is -1.90. The van der Waals surface area contributed by atoms with E-state index >= 15 is 0 Å². The average Bonchev–Trinajstić information content (AvgIpc) is 3.31. The number of hydrogen-bond acceptors (Lipinski definition) is 7. The fourth-order valence-corrected chi connectivity index (χ4v) is 6.23. The highest BCUT2D eigenvalue weighted by molar-refractivity contribution is 7.17. The Balaban J connectivity index is 1.44. The molecule has 1 N–H and O–H groups in total. The van der Waals surface area contributed by atoms with Gasteiger partial charge in [0, 0.05) is 22.9 Å². The van der Waals surface area contributed by atoms with Crippen LogP contribution in [0.4, 0.5) is 5.00 Å². The molecule has 2 aromatic carbocycles. The number of aryl methyl sites for hydroxylation is 1. The summed E-state index contributed by atoms with van der Waals surface area (Å²) in [5.41, 5.74) is 2.28. The molecule has 2 heterocycles. The average molecular weight is 531 g/mol. The van der Waals surface area contributed by atoms with E-state index in [1.54, 1.807) is 24.3 Å². The Kier molecular flexibility index (Phi) is 7.11. The second-order valence-electron chi connectivity index (χ2n) is 9.03. The van der Waals surface area contributed by atoms with E-state index < -0.39 is 24.5 Å². The van der Waals surface area contributed by atoms with Crippen LogP contribution in [0.2, 0.25) is 0 Å². The van der Waals surface area contributed by atoms with Crippen molar-refractivity contribution in [1.82, 2.24) is 4.57 Å². The van der Waals surface area contributed by atoms with Crippen molar-refractivity contribution in [2.45, 2.75) is 25.7 Å². The molecule has 9 heteroatoms. The van der Waals surface area contributed by atoms with Crippen molar-refractivity contribution < 1.29 is 23.9 Å². The second kappa shape index (κ2) is 10.6. The molecular weight excluding hydrogens is 504 g/mol. The third-order valence-electron chi connectivity index (χ3n) is 6.71. The van der Waals surface area contributed by atoms with Crippen LogP contribution in [0.5, 0.6) is 0 Å². The van der Waals surface area contributed by atoms with Crippen molar-refractivity contribution in [3.05, 3.63) is 86.6 Å². The molecule has 0 fully saturated rings. The minimum atomic E-state index is -0.803. The summed E-state index contributed by atoms with van der Waals surface area (Å²) in [6.45, 7) is -0.586. The summed E-state index contributed by atoms with van der Waals surface area (Å²) in [5, 5.41) is 4.21. The molecular formula is C29H26N2O6S. The van der Waals surface area contributed by atoms with Crippen molar-refractivity contribution in [3.63, 3.8) is 0 Å². The third kappa shape index (κ3) is 4.61. The number of ether oxygens (including phenoxy) is 2. The van der Waals surface area contributed by atoms with Crippen LogP contribution in [0.15, 0.2) is 59.4 Å². The van der Waals surface area contributed by atoms with E-state index in [9.17, 15) is 19.2 Å². The summed E-state index contributed by atoms with van der Waals surface area (Å²) in [6, 6.07) is 16.3. The summed E-state index contributed by atoms with van der Waals surface area (Å²) in [6.07, 6.45) is 3.58. The molecule has 0 spiro atoms. The number of anilines is 1. The predicted molar refractivity (Wildman–Crippen MR) is 146 cm³/mol. The van der Waals surface area contributed by atoms with Crippen molar-refractivity contribution in [3.8, 4) is 11.1 Å². The topological polar surface area (TPSA) is 104 Å². The number of rotatable bonds is 6. The highest BCUT2D eigenvalue weighted by Crippen LogP contribution is 2.38. The number of hydrogen-bond donors (Lipinski definition) is 1. The van der Waals surface area contributed by atoms with Gasteiger partial charge in [-0.1, -0.05) is 48.5 Å². The number of nitrogens with one attached hydrogen (secondary N) is 1. The largest absolute Gasteiger partial charge is 0.465 e. The minimum absolute atomic E-state index is 0.0505. The Morgan fingerprint density at radius 1 is 0.947 bits per heavy atom. The van der Waals surface area contributed by atoms with Crippen molar-refractivity contribution in [2.75, 3.05) is 19.0 Å². The molecule has 0 radical (unpaired) electrons. The Morgan fingerprint density at radius 3 is 2.37 bits per heavy atom. The van der Waals surface area contributed by atoms with Gasteiger partial charge in [0.25, 0.3) is 11.5 Å². The molecule has 1 aliphatic carbocycles. The molecule has 0 atom stereocenters. The van der Waals surface area contributed by atoms with Gasteiger partial charge in [-0.15, -0.1) is 11.3 Å². The van der Waals surface area contributed by atoms with Gasteiger partial charge < -0.3 is 19.4 Å². The number of methoxy groups -OCH3 is 1. The summed E-state index contributed by atoms with van der Waals surface area (Å²) >= 11 is 1.35. The van der Waals surface area contributed by atoms with Crippen LogP contribution < -0.4 is 10.9 Å². The zero-order chi connectivity index (χ0) is 26.8. The number of carbonyl (C=O) groups excluding carboxylic acids is 3. The number of pyridine rings is 1. The zero-order valence-electron chi connectivity index (χ0n) is 21.0. The number of carbonyl (C=O) groups is 3. The SMILES string of the molecule is COC(=O)c1c(NC(=O)COC(=O)c2c(-c3ccccc3)c3ccccc3c(=O)n2C)sc2c1CCCC2. The van der Waals surface area contributed by atoms with E-state index in [-0.39, 0.29) is 11.3 Å². The van der Waals surface area contributed by atoms with Crippen molar-refractivity contribution in [2.24, 2.45) is 7.05 Å². The van der Waals surface area contributed by atoms with Crippen molar-refractivity contribution >= 4 is 45.0 Å². The van der Waals surface area contributed by atoms with E-state index in [4.69, 9.17) is 9.47 Å². The smallest absolute Gasteiger partial charge is 0.356 e. The fraction of sp³-hybridized carbons (Fsp3) is 0.241. The van der Waals surface area contributed by atoms with Crippen molar-refractivity contribution in [1.29, 1.82) is 0 Å². The molecule has 1 aliphatic rings. The maximum absolute atomic E-state index is 13.4. The summed E-state index contributed by atoms with van der Waals surface area (Å²) in [4.78, 5) is 52.8. The van der Waals surface area contributed by atoms with Crippen LogP contribution in [0, 0.1) is 0 Å². The quantitative estimate of drug-likeness (QED) is 0.362. The van der Waals surface area contributed by atoms with Gasteiger partial charge in [-0.05, 0) is 48.3 Å². The van der Waals surface area contributed by atoms with E-state index in [1.807, 2.05) is 30.3 Å². The molecule has 0 aliphatic heterocycles. The van der Waals surface area contributed by atoms with Crippen LogP contribution in [-0.2, 0) is 34.2 Å². The lowest BCUT2D eigenvalue weighted by atomic mass is 9.95. The monoisotopic (exact) mass is 530 g/mol. The molecule has 1 amide bonds. The number of aromatic nitrogens is 1. The molecule has 0 saturated heterocycles. The predicted octanol–water partition coefficient (Wildman–Crippen LogP) is 4.73. The van der Waals surface area contributed by atoms with Gasteiger partial charge in [0.1, 0.15) is 10.7 Å². The van der Waals surface area contributed by atoms with E-state index in [0.717, 1.165) is 41.7 Å². The molecule has 5 rings (SSSR count).